The molecule has 77 valence electrons. The van der Waals surface area contributed by atoms with Gasteiger partial charge in [-0.1, -0.05) is 74.5 Å². The van der Waals surface area contributed by atoms with Crippen molar-refractivity contribution in [1.29, 1.82) is 0 Å². The lowest BCUT2D eigenvalue weighted by molar-refractivity contribution is 1.50. The maximum absolute atomic E-state index is 2.15. The van der Waals surface area contributed by atoms with Crippen molar-refractivity contribution in [3.05, 3.63) is 60.7 Å². The highest BCUT2D eigenvalue weighted by atomic mass is 31.1. The lowest BCUT2D eigenvalue weighted by Gasteiger charge is -1.98. The van der Waals surface area contributed by atoms with Crippen LogP contribution in [0.1, 0.15) is 13.8 Å². The van der Waals surface area contributed by atoms with Gasteiger partial charge in [-0.3, -0.25) is 0 Å². The normalized spacial score (nSPS) is 8.93. The van der Waals surface area contributed by atoms with Gasteiger partial charge in [0, 0.05) is 0 Å². The molecule has 2 aromatic carbocycles. The Balaban J connectivity index is 0.000000531. The Hall–Kier alpha value is -1.13. The Morgan fingerprint density at radius 3 is 1.27 bits per heavy atom. The molecule has 0 aliphatic rings. The lowest BCUT2D eigenvalue weighted by Crippen LogP contribution is -2.01. The summed E-state index contributed by atoms with van der Waals surface area (Å²) in [5.41, 5.74) is 0. The highest BCUT2D eigenvalue weighted by Crippen LogP contribution is 2.08. The summed E-state index contributed by atoms with van der Waals surface area (Å²) in [6.45, 7) is 4.00. The van der Waals surface area contributed by atoms with Gasteiger partial charge in [0.05, 0.1) is 0 Å². The molecule has 1 heteroatoms. The van der Waals surface area contributed by atoms with Gasteiger partial charge < -0.3 is 0 Å². The Labute approximate surface area is 94.1 Å². The van der Waals surface area contributed by atoms with E-state index >= 15 is 0 Å². The summed E-state index contributed by atoms with van der Waals surface area (Å²) in [6.07, 6.45) is 0. The van der Waals surface area contributed by atoms with Crippen molar-refractivity contribution >= 4 is 19.2 Å². The molecule has 1 radical (unpaired) electrons. The molecule has 0 aromatic heterocycles. The van der Waals surface area contributed by atoms with Gasteiger partial charge in [-0.25, -0.2) is 0 Å². The van der Waals surface area contributed by atoms with Gasteiger partial charge in [0.2, 0.25) is 0 Å². The maximum atomic E-state index is 2.15. The van der Waals surface area contributed by atoms with E-state index in [1.807, 2.05) is 26.0 Å². The zero-order valence-corrected chi connectivity index (χ0v) is 10.1. The van der Waals surface area contributed by atoms with E-state index in [-0.39, 0.29) is 0 Å². The van der Waals surface area contributed by atoms with E-state index in [1.54, 1.807) is 0 Å². The first kappa shape index (κ1) is 11.9. The molecule has 0 atom stereocenters. The molecule has 0 spiro atoms. The molecule has 2 rings (SSSR count). The van der Waals surface area contributed by atoms with Crippen molar-refractivity contribution in [3.63, 3.8) is 0 Å². The molecule has 2 aromatic rings. The zero-order chi connectivity index (χ0) is 10.9. The van der Waals surface area contributed by atoms with E-state index in [1.165, 1.54) is 19.2 Å². The third-order valence-corrected chi connectivity index (χ3v) is 2.88. The van der Waals surface area contributed by atoms with E-state index in [9.17, 15) is 0 Å². The quantitative estimate of drug-likeness (QED) is 0.671. The summed E-state index contributed by atoms with van der Waals surface area (Å²) >= 11 is 0. The van der Waals surface area contributed by atoms with Crippen molar-refractivity contribution in [2.75, 3.05) is 0 Å². The van der Waals surface area contributed by atoms with Crippen LogP contribution in [-0.2, 0) is 0 Å². The van der Waals surface area contributed by atoms with Gasteiger partial charge in [-0.15, -0.1) is 0 Å². The average Bonchev–Trinajstić information content (AvgIpc) is 2.34. The van der Waals surface area contributed by atoms with Crippen LogP contribution >= 0.6 is 8.58 Å². The minimum Gasteiger partial charge on any atom is -0.0683 e. The third-order valence-electron chi connectivity index (χ3n) is 1.77. The minimum atomic E-state index is 1.28. The molecular weight excluding hydrogens is 199 g/mol. The van der Waals surface area contributed by atoms with Gasteiger partial charge in [0.25, 0.3) is 0 Å². The van der Waals surface area contributed by atoms with Crippen LogP contribution in [0.25, 0.3) is 0 Å². The van der Waals surface area contributed by atoms with E-state index in [0.717, 1.165) is 0 Å². The molecule has 0 unspecified atom stereocenters. The molecule has 0 bridgehead atoms. The molecule has 0 aliphatic heterocycles. The van der Waals surface area contributed by atoms with Crippen LogP contribution in [0.2, 0.25) is 0 Å². The largest absolute Gasteiger partial charge is 0.0683 e. The first-order valence-electron chi connectivity index (χ1n) is 5.27. The highest BCUT2D eigenvalue weighted by Gasteiger charge is 1.93. The fraction of sp³-hybridized carbons (Fsp3) is 0.143. The Bertz CT molecular complexity index is 316. The topological polar surface area (TPSA) is 0 Å². The maximum Gasteiger partial charge on any atom is -0.0100 e. The summed E-state index contributed by atoms with van der Waals surface area (Å²) < 4.78 is 0. The minimum absolute atomic E-state index is 1.28. The average molecular weight is 215 g/mol. The molecule has 15 heavy (non-hydrogen) atoms. The number of benzene rings is 2. The van der Waals surface area contributed by atoms with Gasteiger partial charge in [0.15, 0.2) is 0 Å². The van der Waals surface area contributed by atoms with Crippen molar-refractivity contribution in [2.24, 2.45) is 0 Å². The van der Waals surface area contributed by atoms with Crippen LogP contribution in [0.15, 0.2) is 60.7 Å². The first-order valence-corrected chi connectivity index (χ1v) is 6.16. The van der Waals surface area contributed by atoms with Crippen molar-refractivity contribution in [1.82, 2.24) is 0 Å². The van der Waals surface area contributed by atoms with Crippen molar-refractivity contribution < 1.29 is 0 Å². The molecule has 0 amide bonds. The first-order chi connectivity index (χ1) is 7.45. The van der Waals surface area contributed by atoms with Crippen molar-refractivity contribution in [3.8, 4) is 0 Å². The second kappa shape index (κ2) is 7.20. The van der Waals surface area contributed by atoms with Crippen LogP contribution in [0.4, 0.5) is 0 Å². The Morgan fingerprint density at radius 1 is 0.600 bits per heavy atom. The van der Waals surface area contributed by atoms with Gasteiger partial charge in [-0.05, 0) is 19.2 Å². The second-order valence-electron chi connectivity index (χ2n) is 2.78. The Kier molecular flexibility index (Phi) is 5.73. The fourth-order valence-corrected chi connectivity index (χ4v) is 2.09. The molecule has 0 nitrogen and oxygen atoms in total. The van der Waals surface area contributed by atoms with Gasteiger partial charge in [0.1, 0.15) is 0 Å². The van der Waals surface area contributed by atoms with Gasteiger partial charge in [-0.2, -0.15) is 0 Å². The monoisotopic (exact) mass is 215 g/mol. The van der Waals surface area contributed by atoms with E-state index in [2.05, 4.69) is 48.5 Å². The molecular formula is C14H16P. The SMILES string of the molecule is CC.c1ccc([P]c2ccccc2)cc1. The molecule has 0 saturated heterocycles. The smallest absolute Gasteiger partial charge is 0.0100 e. The molecule has 0 aliphatic carbocycles. The predicted octanol–water partition coefficient (Wildman–Crippen LogP) is 3.61. The molecule has 0 fully saturated rings. The van der Waals surface area contributed by atoms with Crippen molar-refractivity contribution in [2.45, 2.75) is 13.8 Å². The molecule has 0 N–H and O–H groups in total. The van der Waals surface area contributed by atoms with Crippen LogP contribution < -0.4 is 10.6 Å². The number of rotatable bonds is 2. The zero-order valence-electron chi connectivity index (χ0n) is 9.22. The fourth-order valence-electron chi connectivity index (χ4n) is 1.15. The standard InChI is InChI=1S/C12H10P.C2H6/c1-3-7-11(8-4-1)13-12-9-5-2-6-10-12;1-2/h1-10H;1-2H3. The van der Waals surface area contributed by atoms with E-state index in [0.29, 0.717) is 0 Å². The Morgan fingerprint density at radius 2 is 0.933 bits per heavy atom. The summed E-state index contributed by atoms with van der Waals surface area (Å²) in [5.74, 6) is 0. The van der Waals surface area contributed by atoms with E-state index in [4.69, 9.17) is 0 Å². The number of hydrogen-bond donors (Lipinski definition) is 0. The second-order valence-corrected chi connectivity index (χ2v) is 4.04. The predicted molar refractivity (Wildman–Crippen MR) is 70.4 cm³/mol. The molecule has 0 heterocycles. The van der Waals surface area contributed by atoms with Crippen LogP contribution in [0, 0.1) is 0 Å². The van der Waals surface area contributed by atoms with Crippen LogP contribution in [-0.4, -0.2) is 0 Å². The van der Waals surface area contributed by atoms with E-state index < -0.39 is 0 Å². The summed E-state index contributed by atoms with van der Waals surface area (Å²) in [5, 5.41) is 2.68. The summed E-state index contributed by atoms with van der Waals surface area (Å²) in [6, 6.07) is 21.0. The summed E-state index contributed by atoms with van der Waals surface area (Å²) in [4.78, 5) is 0. The van der Waals surface area contributed by atoms with Crippen LogP contribution in [0.5, 0.6) is 0 Å². The third kappa shape index (κ3) is 4.27. The lowest BCUT2D eigenvalue weighted by atomic mass is 10.4. The number of hydrogen-bond acceptors (Lipinski definition) is 0. The highest BCUT2D eigenvalue weighted by molar-refractivity contribution is 7.55. The van der Waals surface area contributed by atoms with Gasteiger partial charge >= 0.3 is 0 Å². The van der Waals surface area contributed by atoms with Crippen LogP contribution in [0.3, 0.4) is 0 Å². The molecule has 0 saturated carbocycles. The summed E-state index contributed by atoms with van der Waals surface area (Å²) in [7, 11) is 1.28.